The molecule has 1 nitrogen and oxygen atoms in total. The monoisotopic (exact) mass is 262 g/mol. The van der Waals surface area contributed by atoms with Crippen LogP contribution in [0, 0.1) is 11.8 Å². The van der Waals surface area contributed by atoms with Gasteiger partial charge in [-0.15, -0.1) is 0 Å². The highest BCUT2D eigenvalue weighted by atomic mass is 79.9. The summed E-state index contributed by atoms with van der Waals surface area (Å²) < 4.78 is 5.62. The number of hydrogen-bond acceptors (Lipinski definition) is 1. The van der Waals surface area contributed by atoms with Crippen LogP contribution in [-0.4, -0.2) is 18.0 Å². The molecule has 2 heteroatoms. The first kappa shape index (κ1) is 12.5. The fourth-order valence-corrected chi connectivity index (χ4v) is 3.14. The SMILES string of the molecule is CC(C)C(CBr)CCCC1CCCO1. The zero-order valence-electron chi connectivity index (χ0n) is 9.47. The van der Waals surface area contributed by atoms with Gasteiger partial charge >= 0.3 is 0 Å². The van der Waals surface area contributed by atoms with Crippen molar-refractivity contribution in [2.24, 2.45) is 11.8 Å². The van der Waals surface area contributed by atoms with E-state index in [1.54, 1.807) is 0 Å². The molecule has 0 N–H and O–H groups in total. The number of ether oxygens (including phenoxy) is 1. The molecule has 0 spiro atoms. The standard InChI is InChI=1S/C12H23BrO/c1-10(2)11(9-13)5-3-6-12-7-4-8-14-12/h10-12H,3-9H2,1-2H3. The molecule has 0 amide bonds. The van der Waals surface area contributed by atoms with Crippen LogP contribution in [0.3, 0.4) is 0 Å². The second kappa shape index (κ2) is 6.84. The van der Waals surface area contributed by atoms with Crippen molar-refractivity contribution in [1.29, 1.82) is 0 Å². The first-order valence-corrected chi connectivity index (χ1v) is 7.03. The van der Waals surface area contributed by atoms with Crippen molar-refractivity contribution in [2.45, 2.75) is 52.1 Å². The van der Waals surface area contributed by atoms with Crippen LogP contribution in [-0.2, 0) is 4.74 Å². The third kappa shape index (κ3) is 4.31. The van der Waals surface area contributed by atoms with Gasteiger partial charge in [0.2, 0.25) is 0 Å². The molecule has 0 radical (unpaired) electrons. The van der Waals surface area contributed by atoms with Crippen LogP contribution in [0.5, 0.6) is 0 Å². The lowest BCUT2D eigenvalue weighted by molar-refractivity contribution is 0.100. The predicted octanol–water partition coefficient (Wildman–Crippen LogP) is 4.00. The fourth-order valence-electron chi connectivity index (χ4n) is 2.07. The van der Waals surface area contributed by atoms with E-state index < -0.39 is 0 Å². The number of alkyl halides is 1. The van der Waals surface area contributed by atoms with Gasteiger partial charge in [-0.3, -0.25) is 0 Å². The average Bonchev–Trinajstić information content (AvgIpc) is 2.64. The molecule has 0 aliphatic carbocycles. The molecule has 14 heavy (non-hydrogen) atoms. The van der Waals surface area contributed by atoms with Crippen molar-refractivity contribution in [1.82, 2.24) is 0 Å². The highest BCUT2D eigenvalue weighted by Crippen LogP contribution is 2.23. The summed E-state index contributed by atoms with van der Waals surface area (Å²) >= 11 is 3.60. The highest BCUT2D eigenvalue weighted by Gasteiger charge is 2.17. The molecule has 1 rings (SSSR count). The molecule has 2 unspecified atom stereocenters. The number of hydrogen-bond donors (Lipinski definition) is 0. The van der Waals surface area contributed by atoms with Crippen LogP contribution in [0.1, 0.15) is 46.0 Å². The van der Waals surface area contributed by atoms with Gasteiger partial charge in [-0.05, 0) is 37.5 Å². The maximum absolute atomic E-state index is 5.62. The third-order valence-electron chi connectivity index (χ3n) is 3.27. The van der Waals surface area contributed by atoms with E-state index in [1.165, 1.54) is 32.1 Å². The van der Waals surface area contributed by atoms with Crippen LogP contribution in [0.4, 0.5) is 0 Å². The van der Waals surface area contributed by atoms with Crippen LogP contribution in [0.15, 0.2) is 0 Å². The fraction of sp³-hybridized carbons (Fsp3) is 1.00. The minimum Gasteiger partial charge on any atom is -0.378 e. The summed E-state index contributed by atoms with van der Waals surface area (Å²) in [5.74, 6) is 1.65. The minimum atomic E-state index is 0.582. The topological polar surface area (TPSA) is 9.23 Å². The van der Waals surface area contributed by atoms with Gasteiger partial charge in [0.1, 0.15) is 0 Å². The van der Waals surface area contributed by atoms with Crippen molar-refractivity contribution in [3.8, 4) is 0 Å². The number of halogens is 1. The zero-order valence-corrected chi connectivity index (χ0v) is 11.1. The summed E-state index contributed by atoms with van der Waals surface area (Å²) in [6.07, 6.45) is 7.10. The molecule has 1 heterocycles. The van der Waals surface area contributed by atoms with Gasteiger partial charge in [0, 0.05) is 11.9 Å². The van der Waals surface area contributed by atoms with E-state index in [0.29, 0.717) is 6.10 Å². The lowest BCUT2D eigenvalue weighted by atomic mass is 9.92. The quantitative estimate of drug-likeness (QED) is 0.658. The molecule has 1 saturated heterocycles. The molecule has 0 bridgehead atoms. The van der Waals surface area contributed by atoms with Crippen LogP contribution in [0.2, 0.25) is 0 Å². The molecule has 1 fully saturated rings. The molecule has 0 aromatic carbocycles. The summed E-state index contributed by atoms with van der Waals surface area (Å²) in [5, 5.41) is 1.15. The van der Waals surface area contributed by atoms with Gasteiger partial charge in [0.25, 0.3) is 0 Å². The van der Waals surface area contributed by atoms with Gasteiger partial charge in [0.05, 0.1) is 6.10 Å². The molecule has 1 aliphatic heterocycles. The lowest BCUT2D eigenvalue weighted by Gasteiger charge is -2.18. The molecule has 2 atom stereocenters. The van der Waals surface area contributed by atoms with E-state index in [1.807, 2.05) is 0 Å². The Bertz CT molecular complexity index is 141. The maximum atomic E-state index is 5.62. The molecule has 84 valence electrons. The van der Waals surface area contributed by atoms with Crippen LogP contribution < -0.4 is 0 Å². The molecule has 0 aromatic rings. The van der Waals surface area contributed by atoms with Gasteiger partial charge in [0.15, 0.2) is 0 Å². The van der Waals surface area contributed by atoms with E-state index in [-0.39, 0.29) is 0 Å². The predicted molar refractivity (Wildman–Crippen MR) is 64.9 cm³/mol. The summed E-state index contributed by atoms with van der Waals surface area (Å²) in [4.78, 5) is 0. The Morgan fingerprint density at radius 2 is 2.21 bits per heavy atom. The molecular formula is C12H23BrO. The zero-order chi connectivity index (χ0) is 10.4. The Kier molecular flexibility index (Phi) is 6.11. The average molecular weight is 263 g/mol. The Morgan fingerprint density at radius 1 is 1.43 bits per heavy atom. The van der Waals surface area contributed by atoms with Crippen molar-refractivity contribution >= 4 is 15.9 Å². The Labute approximate surface area is 96.7 Å². The molecule has 1 aliphatic rings. The largest absolute Gasteiger partial charge is 0.378 e. The first-order valence-electron chi connectivity index (χ1n) is 5.91. The molecular weight excluding hydrogens is 240 g/mol. The van der Waals surface area contributed by atoms with Crippen molar-refractivity contribution in [3.63, 3.8) is 0 Å². The van der Waals surface area contributed by atoms with E-state index >= 15 is 0 Å². The normalized spacial score (nSPS) is 24.4. The summed E-state index contributed by atoms with van der Waals surface area (Å²) in [5.41, 5.74) is 0. The van der Waals surface area contributed by atoms with E-state index in [9.17, 15) is 0 Å². The highest BCUT2D eigenvalue weighted by molar-refractivity contribution is 9.09. The first-order chi connectivity index (χ1) is 6.74. The van der Waals surface area contributed by atoms with Gasteiger partial charge in [-0.2, -0.15) is 0 Å². The van der Waals surface area contributed by atoms with E-state index in [0.717, 1.165) is 23.8 Å². The summed E-state index contributed by atoms with van der Waals surface area (Å²) in [6, 6.07) is 0. The van der Waals surface area contributed by atoms with Crippen molar-refractivity contribution in [3.05, 3.63) is 0 Å². The molecule has 0 saturated carbocycles. The smallest absolute Gasteiger partial charge is 0.0576 e. The van der Waals surface area contributed by atoms with Crippen molar-refractivity contribution < 1.29 is 4.74 Å². The Balaban J connectivity index is 2.06. The maximum Gasteiger partial charge on any atom is 0.0576 e. The van der Waals surface area contributed by atoms with E-state index in [2.05, 4.69) is 29.8 Å². The van der Waals surface area contributed by atoms with Gasteiger partial charge in [-0.25, -0.2) is 0 Å². The van der Waals surface area contributed by atoms with Gasteiger partial charge in [-0.1, -0.05) is 36.2 Å². The van der Waals surface area contributed by atoms with E-state index in [4.69, 9.17) is 4.74 Å². The second-order valence-corrected chi connectivity index (χ2v) is 5.37. The Hall–Kier alpha value is 0.440. The second-order valence-electron chi connectivity index (χ2n) is 4.72. The minimum absolute atomic E-state index is 0.582. The molecule has 0 aromatic heterocycles. The van der Waals surface area contributed by atoms with Gasteiger partial charge < -0.3 is 4.74 Å². The lowest BCUT2D eigenvalue weighted by Crippen LogP contribution is -2.12. The van der Waals surface area contributed by atoms with Crippen LogP contribution in [0.25, 0.3) is 0 Å². The number of rotatable bonds is 6. The van der Waals surface area contributed by atoms with Crippen molar-refractivity contribution in [2.75, 3.05) is 11.9 Å². The summed E-state index contributed by atoms with van der Waals surface area (Å²) in [6.45, 7) is 5.63. The van der Waals surface area contributed by atoms with Crippen LogP contribution >= 0.6 is 15.9 Å². The Morgan fingerprint density at radius 3 is 2.71 bits per heavy atom. The third-order valence-corrected chi connectivity index (χ3v) is 4.10. The summed E-state index contributed by atoms with van der Waals surface area (Å²) in [7, 11) is 0.